The zero-order chi connectivity index (χ0) is 20.2. The molecule has 0 radical (unpaired) electrons. The Bertz CT molecular complexity index is 1010. The van der Waals surface area contributed by atoms with Crippen LogP contribution in [0.25, 0.3) is 21.9 Å². The van der Waals surface area contributed by atoms with Gasteiger partial charge in [0, 0.05) is 17.7 Å². The van der Waals surface area contributed by atoms with E-state index in [1.165, 1.54) is 10.8 Å². The second kappa shape index (κ2) is 8.87. The summed E-state index contributed by atoms with van der Waals surface area (Å²) >= 11 is 6.38. The Kier molecular flexibility index (Phi) is 6.05. The van der Waals surface area contributed by atoms with Crippen molar-refractivity contribution in [1.29, 1.82) is 0 Å². The molecule has 3 aromatic carbocycles. The number of aryl methyl sites for hydroxylation is 1. The second-order valence-electron chi connectivity index (χ2n) is 7.80. The van der Waals surface area contributed by atoms with Gasteiger partial charge in [0.25, 0.3) is 0 Å². The lowest BCUT2D eigenvalue weighted by Crippen LogP contribution is -2.17. The van der Waals surface area contributed by atoms with Crippen LogP contribution in [-0.4, -0.2) is 23.1 Å². The number of fused-ring (bicyclic) bond motifs is 1. The van der Waals surface area contributed by atoms with E-state index in [4.69, 9.17) is 21.4 Å². The van der Waals surface area contributed by atoms with Crippen LogP contribution in [-0.2, 0) is 11.2 Å². The maximum absolute atomic E-state index is 11.1. The zero-order valence-corrected chi connectivity index (χ0v) is 17.1. The van der Waals surface area contributed by atoms with Gasteiger partial charge in [-0.15, -0.1) is 11.6 Å². The largest absolute Gasteiger partial charge is 0.493 e. The molecule has 0 saturated heterocycles. The zero-order valence-electron chi connectivity index (χ0n) is 16.3. The first-order chi connectivity index (χ1) is 14.1. The predicted octanol–water partition coefficient (Wildman–Crippen LogP) is 6.31. The van der Waals surface area contributed by atoms with Crippen LogP contribution in [0.5, 0.6) is 5.75 Å². The van der Waals surface area contributed by atoms with Crippen molar-refractivity contribution in [3.05, 3.63) is 66.2 Å². The van der Waals surface area contributed by atoms with Crippen LogP contribution in [0.2, 0.25) is 0 Å². The fourth-order valence-corrected chi connectivity index (χ4v) is 4.43. The van der Waals surface area contributed by atoms with E-state index in [1.807, 2.05) is 18.2 Å². The number of benzene rings is 3. The number of hydrogen-bond acceptors (Lipinski definition) is 2. The molecule has 4 rings (SSSR count). The third kappa shape index (κ3) is 4.73. The van der Waals surface area contributed by atoms with Gasteiger partial charge in [0.1, 0.15) is 5.75 Å². The lowest BCUT2D eigenvalue weighted by Gasteiger charge is -2.18. The molecule has 0 spiro atoms. The van der Waals surface area contributed by atoms with Crippen LogP contribution < -0.4 is 4.74 Å². The van der Waals surface area contributed by atoms with Crippen LogP contribution in [0.3, 0.4) is 0 Å². The van der Waals surface area contributed by atoms with E-state index in [1.54, 1.807) is 0 Å². The van der Waals surface area contributed by atoms with E-state index in [0.29, 0.717) is 18.9 Å². The van der Waals surface area contributed by atoms with Crippen LogP contribution in [0.15, 0.2) is 60.7 Å². The number of carboxylic acid groups (broad SMARTS) is 1. The number of rotatable bonds is 7. The van der Waals surface area contributed by atoms with Gasteiger partial charge in [0.15, 0.2) is 0 Å². The molecule has 0 aliphatic heterocycles. The molecule has 150 valence electrons. The summed E-state index contributed by atoms with van der Waals surface area (Å²) in [5.74, 6) is 0.333. The Labute approximate surface area is 176 Å². The van der Waals surface area contributed by atoms with Crippen molar-refractivity contribution in [2.75, 3.05) is 6.61 Å². The number of carbonyl (C=O) groups is 1. The van der Waals surface area contributed by atoms with Gasteiger partial charge < -0.3 is 9.84 Å². The topological polar surface area (TPSA) is 46.5 Å². The number of alkyl halides is 1. The van der Waals surface area contributed by atoms with Gasteiger partial charge in [-0.05, 0) is 64.9 Å². The lowest BCUT2D eigenvalue weighted by atomic mass is 9.98. The second-order valence-corrected chi connectivity index (χ2v) is 8.36. The third-order valence-corrected chi connectivity index (χ3v) is 6.35. The summed E-state index contributed by atoms with van der Waals surface area (Å²) < 4.78 is 6.11. The molecule has 0 aromatic heterocycles. The van der Waals surface area contributed by atoms with Crippen LogP contribution in [0.1, 0.15) is 31.2 Å². The predicted molar refractivity (Wildman–Crippen MR) is 118 cm³/mol. The Balaban J connectivity index is 1.60. The average molecular weight is 409 g/mol. The molecule has 2 atom stereocenters. The van der Waals surface area contributed by atoms with Crippen molar-refractivity contribution in [1.82, 2.24) is 0 Å². The maximum atomic E-state index is 11.1. The fourth-order valence-electron chi connectivity index (χ4n) is 4.08. The van der Waals surface area contributed by atoms with Crippen molar-refractivity contribution in [2.45, 2.75) is 37.5 Å². The monoisotopic (exact) mass is 408 g/mol. The SMILES string of the molecule is O=C(O)CCc1cc(-c2ccc3ccccc3c2)ccc1OCC1CCCC1Cl. The summed E-state index contributed by atoms with van der Waals surface area (Å²) in [6, 6.07) is 20.8. The third-order valence-electron chi connectivity index (χ3n) is 5.77. The van der Waals surface area contributed by atoms with Gasteiger partial charge in [-0.2, -0.15) is 0 Å². The van der Waals surface area contributed by atoms with Crippen LogP contribution in [0.4, 0.5) is 0 Å². The van der Waals surface area contributed by atoms with E-state index < -0.39 is 5.97 Å². The van der Waals surface area contributed by atoms with Gasteiger partial charge in [0.2, 0.25) is 0 Å². The quantitative estimate of drug-likeness (QED) is 0.466. The van der Waals surface area contributed by atoms with Gasteiger partial charge in [-0.3, -0.25) is 4.79 Å². The van der Waals surface area contributed by atoms with Crippen LogP contribution >= 0.6 is 11.6 Å². The molecule has 0 heterocycles. The Morgan fingerprint density at radius 2 is 1.76 bits per heavy atom. The molecule has 29 heavy (non-hydrogen) atoms. The highest BCUT2D eigenvalue weighted by atomic mass is 35.5. The normalized spacial score (nSPS) is 18.8. The van der Waals surface area contributed by atoms with E-state index in [0.717, 1.165) is 41.7 Å². The molecule has 1 fully saturated rings. The molecular formula is C25H25ClO3. The maximum Gasteiger partial charge on any atom is 0.303 e. The lowest BCUT2D eigenvalue weighted by molar-refractivity contribution is -0.136. The molecule has 1 N–H and O–H groups in total. The Morgan fingerprint density at radius 1 is 1.00 bits per heavy atom. The van der Waals surface area contributed by atoms with Crippen molar-refractivity contribution >= 4 is 28.3 Å². The number of carboxylic acids is 1. The highest BCUT2D eigenvalue weighted by Crippen LogP contribution is 2.33. The average Bonchev–Trinajstić information content (AvgIpc) is 3.15. The number of halogens is 1. The molecule has 3 aromatic rings. The summed E-state index contributed by atoms with van der Waals surface area (Å²) in [6.07, 6.45) is 3.81. The van der Waals surface area contributed by atoms with E-state index >= 15 is 0 Å². The van der Waals surface area contributed by atoms with Crippen molar-refractivity contribution in [3.63, 3.8) is 0 Å². The summed E-state index contributed by atoms with van der Waals surface area (Å²) in [4.78, 5) is 11.1. The molecule has 1 saturated carbocycles. The van der Waals surface area contributed by atoms with Crippen molar-refractivity contribution < 1.29 is 14.6 Å². The smallest absolute Gasteiger partial charge is 0.303 e. The molecular weight excluding hydrogens is 384 g/mol. The minimum atomic E-state index is -0.802. The van der Waals surface area contributed by atoms with E-state index in [-0.39, 0.29) is 11.8 Å². The minimum absolute atomic E-state index is 0.0824. The van der Waals surface area contributed by atoms with E-state index in [2.05, 4.69) is 42.5 Å². The summed E-state index contributed by atoms with van der Waals surface area (Å²) in [7, 11) is 0. The highest BCUT2D eigenvalue weighted by molar-refractivity contribution is 6.20. The molecule has 0 bridgehead atoms. The summed E-state index contributed by atoms with van der Waals surface area (Å²) in [6.45, 7) is 0.587. The van der Waals surface area contributed by atoms with Crippen molar-refractivity contribution in [2.24, 2.45) is 5.92 Å². The minimum Gasteiger partial charge on any atom is -0.493 e. The molecule has 1 aliphatic carbocycles. The number of ether oxygens (including phenoxy) is 1. The van der Waals surface area contributed by atoms with Gasteiger partial charge in [-0.1, -0.05) is 48.9 Å². The number of aliphatic carboxylic acids is 1. The van der Waals surface area contributed by atoms with Gasteiger partial charge in [0.05, 0.1) is 6.61 Å². The molecule has 0 amide bonds. The first kappa shape index (κ1) is 19.8. The van der Waals surface area contributed by atoms with Gasteiger partial charge >= 0.3 is 5.97 Å². The standard InChI is InChI=1S/C25H25ClO3/c26-23-7-3-6-22(23)16-29-24-12-10-20(15-21(24)11-13-25(27)28)19-9-8-17-4-1-2-5-18(17)14-19/h1-2,4-5,8-10,12,14-15,22-23H,3,6-7,11,13,16H2,(H,27,28). The fraction of sp³-hybridized carbons (Fsp3) is 0.320. The molecule has 3 nitrogen and oxygen atoms in total. The molecule has 2 unspecified atom stereocenters. The molecule has 1 aliphatic rings. The van der Waals surface area contributed by atoms with Crippen molar-refractivity contribution in [3.8, 4) is 16.9 Å². The Morgan fingerprint density at radius 3 is 2.52 bits per heavy atom. The first-order valence-electron chi connectivity index (χ1n) is 10.2. The van der Waals surface area contributed by atoms with Crippen LogP contribution in [0, 0.1) is 5.92 Å². The van der Waals surface area contributed by atoms with Gasteiger partial charge in [-0.25, -0.2) is 0 Å². The first-order valence-corrected chi connectivity index (χ1v) is 10.6. The molecule has 4 heteroatoms. The van der Waals surface area contributed by atoms with E-state index in [9.17, 15) is 4.79 Å². The summed E-state index contributed by atoms with van der Waals surface area (Å²) in [5, 5.41) is 11.7. The number of hydrogen-bond donors (Lipinski definition) is 1. The highest BCUT2D eigenvalue weighted by Gasteiger charge is 2.26. The summed E-state index contributed by atoms with van der Waals surface area (Å²) in [5.41, 5.74) is 3.12. The Hall–Kier alpha value is -2.52.